The van der Waals surface area contributed by atoms with Crippen molar-refractivity contribution in [1.29, 1.82) is 0 Å². The molecule has 0 spiro atoms. The molecule has 0 amide bonds. The van der Waals surface area contributed by atoms with Crippen molar-refractivity contribution >= 4 is 21.8 Å². The molecule has 0 saturated carbocycles. The van der Waals surface area contributed by atoms with Crippen LogP contribution in [-0.4, -0.2) is 28.7 Å². The van der Waals surface area contributed by atoms with Gasteiger partial charge in [-0.05, 0) is 71.3 Å². The number of fused-ring (bicyclic) bond motifs is 6. The van der Waals surface area contributed by atoms with Crippen molar-refractivity contribution < 1.29 is 4.39 Å². The first-order chi connectivity index (χ1) is 16.8. The second-order valence-corrected chi connectivity index (χ2v) is 10.5. The molecule has 6 heterocycles. The normalized spacial score (nSPS) is 18.8. The van der Waals surface area contributed by atoms with E-state index in [1.54, 1.807) is 10.9 Å². The summed E-state index contributed by atoms with van der Waals surface area (Å²) in [6.45, 7) is 7.32. The van der Waals surface area contributed by atoms with Gasteiger partial charge in [-0.25, -0.2) is 13.8 Å². The minimum absolute atomic E-state index is 0.0479. The number of halogens is 1. The van der Waals surface area contributed by atoms with E-state index in [0.29, 0.717) is 24.2 Å². The molecule has 4 aromatic rings. The van der Waals surface area contributed by atoms with Gasteiger partial charge < -0.3 is 9.13 Å². The van der Waals surface area contributed by atoms with Crippen LogP contribution >= 0.6 is 0 Å². The molecule has 2 unspecified atom stereocenters. The van der Waals surface area contributed by atoms with Crippen molar-refractivity contribution in [2.24, 2.45) is 5.92 Å². The summed E-state index contributed by atoms with van der Waals surface area (Å²) in [5.41, 5.74) is 2.87. The van der Waals surface area contributed by atoms with E-state index in [0.717, 1.165) is 49.6 Å². The predicted octanol–water partition coefficient (Wildman–Crippen LogP) is 3.98. The number of hydrogen-bond acceptors (Lipinski definition) is 4. The number of aromatic nitrogens is 6. The molecular formula is C26H31FN6O2. The highest BCUT2D eigenvalue weighted by Crippen LogP contribution is 2.33. The van der Waals surface area contributed by atoms with Gasteiger partial charge in [-0.1, -0.05) is 0 Å². The van der Waals surface area contributed by atoms with Gasteiger partial charge in [0.15, 0.2) is 5.82 Å². The van der Waals surface area contributed by atoms with Crippen LogP contribution in [0.25, 0.3) is 21.8 Å². The Morgan fingerprint density at radius 3 is 2.57 bits per heavy atom. The first-order valence-corrected chi connectivity index (χ1v) is 12.7. The summed E-state index contributed by atoms with van der Waals surface area (Å²) in [7, 11) is 0. The van der Waals surface area contributed by atoms with Gasteiger partial charge in [0.2, 0.25) is 0 Å². The lowest BCUT2D eigenvalue weighted by molar-refractivity contribution is 0.299. The average molecular weight is 479 g/mol. The summed E-state index contributed by atoms with van der Waals surface area (Å²) in [5, 5.41) is 9.68. The third-order valence-corrected chi connectivity index (χ3v) is 7.93. The molecule has 0 fully saturated rings. The molecule has 2 aliphatic heterocycles. The van der Waals surface area contributed by atoms with E-state index in [4.69, 9.17) is 0 Å². The van der Waals surface area contributed by atoms with Crippen LogP contribution in [0.3, 0.4) is 0 Å². The fourth-order valence-electron chi connectivity index (χ4n) is 6.15. The Balaban J connectivity index is 1.29. The lowest BCUT2D eigenvalue weighted by atomic mass is 9.90. The fraction of sp³-hybridized carbons (Fsp3) is 0.538. The van der Waals surface area contributed by atoms with Crippen LogP contribution in [0, 0.1) is 11.7 Å². The Labute approximate surface area is 202 Å². The van der Waals surface area contributed by atoms with E-state index in [9.17, 15) is 9.59 Å². The molecule has 0 saturated heterocycles. The predicted molar refractivity (Wildman–Crippen MR) is 132 cm³/mol. The smallest absolute Gasteiger partial charge is 0.279 e. The summed E-state index contributed by atoms with van der Waals surface area (Å²) in [6.07, 6.45) is 8.84. The van der Waals surface area contributed by atoms with Crippen molar-refractivity contribution in [2.75, 3.05) is 0 Å². The second-order valence-electron chi connectivity index (χ2n) is 10.5. The molecular weight excluding hydrogens is 447 g/mol. The first-order valence-electron chi connectivity index (χ1n) is 12.7. The lowest BCUT2D eigenvalue weighted by Crippen LogP contribution is -2.29. The molecule has 0 radical (unpaired) electrons. The minimum Gasteiger partial charge on any atom is -0.343 e. The molecule has 0 aliphatic carbocycles. The van der Waals surface area contributed by atoms with Gasteiger partial charge >= 0.3 is 0 Å². The summed E-state index contributed by atoms with van der Waals surface area (Å²) < 4.78 is 22.5. The number of rotatable bonds is 4. The summed E-state index contributed by atoms with van der Waals surface area (Å²) >= 11 is 0. The van der Waals surface area contributed by atoms with Crippen molar-refractivity contribution in [1.82, 2.24) is 28.7 Å². The van der Waals surface area contributed by atoms with E-state index in [1.165, 1.54) is 10.4 Å². The van der Waals surface area contributed by atoms with E-state index in [1.807, 2.05) is 37.6 Å². The largest absolute Gasteiger partial charge is 0.343 e. The van der Waals surface area contributed by atoms with Gasteiger partial charge in [0.1, 0.15) is 5.39 Å². The molecule has 6 rings (SSSR count). The number of hydrogen-bond donors (Lipinski definition) is 0. The monoisotopic (exact) mass is 478 g/mol. The zero-order valence-corrected chi connectivity index (χ0v) is 20.5. The van der Waals surface area contributed by atoms with Crippen molar-refractivity contribution in [2.45, 2.75) is 84.5 Å². The molecule has 35 heavy (non-hydrogen) atoms. The molecule has 0 aromatic carbocycles. The Morgan fingerprint density at radius 1 is 1.00 bits per heavy atom. The van der Waals surface area contributed by atoms with Crippen LogP contribution in [0.2, 0.25) is 0 Å². The molecule has 2 aliphatic rings. The lowest BCUT2D eigenvalue weighted by Gasteiger charge is -2.27. The Morgan fingerprint density at radius 2 is 1.77 bits per heavy atom. The van der Waals surface area contributed by atoms with Crippen molar-refractivity contribution in [3.05, 3.63) is 56.4 Å². The minimum atomic E-state index is -0.421. The van der Waals surface area contributed by atoms with Gasteiger partial charge in [0.25, 0.3) is 11.1 Å². The maximum Gasteiger partial charge on any atom is 0.279 e. The molecule has 9 heteroatoms. The standard InChI is InChI=1S/C26H31FN6O2/c1-15(2)32-26(35)23-22(14-28-32)31-9-7-17(11-20(31)24(23)27)10-16(3)33-25(34)19-12-18-6-4-5-8-30(18)21(19)13-29-33/h12-17H,4-11H2,1-3H3. The van der Waals surface area contributed by atoms with Crippen LogP contribution in [0.1, 0.15) is 69.9 Å². The number of nitrogens with zero attached hydrogens (tertiary/aromatic N) is 6. The summed E-state index contributed by atoms with van der Waals surface area (Å²) in [5.74, 6) is -0.224. The first kappa shape index (κ1) is 22.2. The molecule has 8 nitrogen and oxygen atoms in total. The van der Waals surface area contributed by atoms with Gasteiger partial charge in [0.05, 0.1) is 46.6 Å². The Kier molecular flexibility index (Phi) is 5.19. The third kappa shape index (κ3) is 3.38. The zero-order chi connectivity index (χ0) is 24.4. The summed E-state index contributed by atoms with van der Waals surface area (Å²) in [6, 6.07) is 1.80. The summed E-state index contributed by atoms with van der Waals surface area (Å²) in [4.78, 5) is 26.2. The van der Waals surface area contributed by atoms with Crippen LogP contribution in [-0.2, 0) is 25.9 Å². The molecule has 184 valence electrons. The maximum absolute atomic E-state index is 15.5. The van der Waals surface area contributed by atoms with Gasteiger partial charge in [-0.2, -0.15) is 10.2 Å². The van der Waals surface area contributed by atoms with Crippen LogP contribution < -0.4 is 11.1 Å². The fourth-order valence-corrected chi connectivity index (χ4v) is 6.15. The van der Waals surface area contributed by atoms with Gasteiger partial charge in [-0.3, -0.25) is 9.59 Å². The SMILES string of the molecule is CC(C)n1ncc2c(c(F)c3n2CCC(CC(C)n2ncc4c(cc5n4CCCC5)c2=O)C3)c1=O. The quantitative estimate of drug-likeness (QED) is 0.444. The van der Waals surface area contributed by atoms with Crippen LogP contribution in [0.15, 0.2) is 28.0 Å². The molecule has 0 bridgehead atoms. The van der Waals surface area contributed by atoms with E-state index < -0.39 is 5.82 Å². The topological polar surface area (TPSA) is 79.6 Å². The third-order valence-electron chi connectivity index (χ3n) is 7.93. The van der Waals surface area contributed by atoms with Gasteiger partial charge in [-0.15, -0.1) is 0 Å². The van der Waals surface area contributed by atoms with E-state index in [2.05, 4.69) is 14.8 Å². The van der Waals surface area contributed by atoms with Crippen molar-refractivity contribution in [3.8, 4) is 0 Å². The highest BCUT2D eigenvalue weighted by atomic mass is 19.1. The molecule has 0 N–H and O–H groups in total. The van der Waals surface area contributed by atoms with Gasteiger partial charge in [0, 0.05) is 18.8 Å². The Hall–Kier alpha value is -3.23. The van der Waals surface area contributed by atoms with E-state index >= 15 is 4.39 Å². The Bertz CT molecular complexity index is 1570. The highest BCUT2D eigenvalue weighted by Gasteiger charge is 2.29. The van der Waals surface area contributed by atoms with Crippen molar-refractivity contribution in [3.63, 3.8) is 0 Å². The molecule has 4 aromatic heterocycles. The van der Waals surface area contributed by atoms with Crippen LogP contribution in [0.5, 0.6) is 0 Å². The van der Waals surface area contributed by atoms with E-state index in [-0.39, 0.29) is 34.5 Å². The second kappa shape index (κ2) is 8.17. The number of aryl methyl sites for hydroxylation is 3. The highest BCUT2D eigenvalue weighted by molar-refractivity contribution is 5.81. The van der Waals surface area contributed by atoms with Crippen LogP contribution in [0.4, 0.5) is 4.39 Å². The average Bonchev–Trinajstić information content (AvgIpc) is 3.36. The zero-order valence-electron chi connectivity index (χ0n) is 20.5. The molecule has 2 atom stereocenters. The maximum atomic E-state index is 15.5.